The Bertz CT molecular complexity index is 107. The van der Waals surface area contributed by atoms with Gasteiger partial charge < -0.3 is 20.4 Å². The van der Waals surface area contributed by atoms with E-state index in [2.05, 4.69) is 0 Å². The largest absolute Gasteiger partial charge is 0.396 e. The zero-order valence-electron chi connectivity index (χ0n) is 9.40. The van der Waals surface area contributed by atoms with Crippen LogP contribution in [-0.2, 0) is 0 Å². The lowest BCUT2D eigenvalue weighted by atomic mass is 10.2. The Hall–Kier alpha value is -0.160. The van der Waals surface area contributed by atoms with Gasteiger partial charge in [0.1, 0.15) is 0 Å². The van der Waals surface area contributed by atoms with Crippen LogP contribution in [0.2, 0.25) is 0 Å². The number of rotatable bonds is 5. The summed E-state index contributed by atoms with van der Waals surface area (Å²) in [5.41, 5.74) is 0. The molecule has 4 nitrogen and oxygen atoms in total. The molecule has 1 unspecified atom stereocenters. The van der Waals surface area contributed by atoms with Gasteiger partial charge >= 0.3 is 0 Å². The number of aliphatic hydroxyl groups excluding tert-OH is 2. The Labute approximate surface area is 86.2 Å². The average Bonchev–Trinajstić information content (AvgIpc) is 1.99. The van der Waals surface area contributed by atoms with E-state index >= 15 is 0 Å². The van der Waals surface area contributed by atoms with Crippen molar-refractivity contribution in [3.8, 4) is 0 Å². The fourth-order valence-corrected chi connectivity index (χ4v) is 0.860. The summed E-state index contributed by atoms with van der Waals surface area (Å²) >= 11 is 0. The summed E-state index contributed by atoms with van der Waals surface area (Å²) in [6, 6.07) is 0. The zero-order valence-corrected chi connectivity index (χ0v) is 9.40. The van der Waals surface area contributed by atoms with Crippen LogP contribution >= 0.6 is 0 Å². The van der Waals surface area contributed by atoms with Crippen LogP contribution in [0.1, 0.15) is 46.5 Å². The minimum Gasteiger partial charge on any atom is -0.396 e. The van der Waals surface area contributed by atoms with E-state index in [1.54, 1.807) is 6.92 Å². The standard InChI is InChI=1S/2C5H12O2/c1-5(7)3-2-4-6;1-3-4-5(2,6)7/h5-7H,2-4H2,1H3;6-7H,3-4H2,1-2H3. The fourth-order valence-electron chi connectivity index (χ4n) is 0.860. The molecule has 0 aliphatic carbocycles. The van der Waals surface area contributed by atoms with E-state index in [9.17, 15) is 0 Å². The van der Waals surface area contributed by atoms with E-state index in [-0.39, 0.29) is 12.7 Å². The van der Waals surface area contributed by atoms with Crippen LogP contribution in [0.4, 0.5) is 0 Å². The fraction of sp³-hybridized carbons (Fsp3) is 1.00. The van der Waals surface area contributed by atoms with Gasteiger partial charge in [0, 0.05) is 13.0 Å². The molecule has 4 N–H and O–H groups in total. The lowest BCUT2D eigenvalue weighted by molar-refractivity contribution is -0.149. The maximum Gasteiger partial charge on any atom is 0.159 e. The first-order chi connectivity index (χ1) is 6.33. The molecule has 0 spiro atoms. The minimum atomic E-state index is -1.45. The Kier molecular flexibility index (Phi) is 10.9. The molecule has 0 aliphatic rings. The second-order valence-electron chi connectivity index (χ2n) is 3.68. The predicted octanol–water partition coefficient (Wildman–Crippen LogP) is 0.627. The molecule has 0 aromatic rings. The van der Waals surface area contributed by atoms with E-state index in [1.807, 2.05) is 6.92 Å². The SMILES string of the molecule is CC(O)CCCO.CCCC(C)(O)O. The lowest BCUT2D eigenvalue weighted by Crippen LogP contribution is -2.21. The van der Waals surface area contributed by atoms with Crippen molar-refractivity contribution in [3.63, 3.8) is 0 Å². The highest BCUT2D eigenvalue weighted by Crippen LogP contribution is 2.04. The molecule has 0 aliphatic heterocycles. The molecule has 0 amide bonds. The van der Waals surface area contributed by atoms with Crippen molar-refractivity contribution < 1.29 is 20.4 Å². The summed E-state index contributed by atoms with van der Waals surface area (Å²) in [5, 5.41) is 33.9. The van der Waals surface area contributed by atoms with Crippen molar-refractivity contribution in [3.05, 3.63) is 0 Å². The number of hydrogen-bond donors (Lipinski definition) is 4. The number of hydrogen-bond acceptors (Lipinski definition) is 4. The minimum absolute atomic E-state index is 0.185. The van der Waals surface area contributed by atoms with Crippen molar-refractivity contribution in [1.82, 2.24) is 0 Å². The molecule has 0 bridgehead atoms. The third-order valence-corrected chi connectivity index (χ3v) is 1.50. The van der Waals surface area contributed by atoms with Crippen molar-refractivity contribution in [2.24, 2.45) is 0 Å². The first-order valence-electron chi connectivity index (χ1n) is 5.07. The molecule has 0 rings (SSSR count). The summed E-state index contributed by atoms with van der Waals surface area (Å²) in [4.78, 5) is 0. The van der Waals surface area contributed by atoms with E-state index in [0.717, 1.165) is 6.42 Å². The van der Waals surface area contributed by atoms with Gasteiger partial charge in [0.05, 0.1) is 6.10 Å². The summed E-state index contributed by atoms with van der Waals surface area (Å²) < 4.78 is 0. The Morgan fingerprint density at radius 2 is 1.79 bits per heavy atom. The van der Waals surface area contributed by atoms with Gasteiger partial charge in [-0.3, -0.25) is 0 Å². The summed E-state index contributed by atoms with van der Waals surface area (Å²) in [7, 11) is 0. The highest BCUT2D eigenvalue weighted by Gasteiger charge is 2.11. The zero-order chi connectivity index (χ0) is 11.6. The summed E-state index contributed by atoms with van der Waals surface area (Å²) in [6.07, 6.45) is 2.41. The Balaban J connectivity index is 0. The average molecular weight is 208 g/mol. The molecule has 0 saturated carbocycles. The van der Waals surface area contributed by atoms with Crippen LogP contribution in [0, 0.1) is 0 Å². The highest BCUT2D eigenvalue weighted by atomic mass is 16.5. The second-order valence-corrected chi connectivity index (χ2v) is 3.68. The molecular weight excluding hydrogens is 184 g/mol. The topological polar surface area (TPSA) is 80.9 Å². The maximum absolute atomic E-state index is 8.57. The predicted molar refractivity (Wildman–Crippen MR) is 55.8 cm³/mol. The van der Waals surface area contributed by atoms with Crippen LogP contribution < -0.4 is 0 Å². The molecule has 0 saturated heterocycles. The molecule has 88 valence electrons. The third-order valence-electron chi connectivity index (χ3n) is 1.50. The van der Waals surface area contributed by atoms with Crippen LogP contribution in [0.15, 0.2) is 0 Å². The van der Waals surface area contributed by atoms with Crippen LogP contribution in [0.3, 0.4) is 0 Å². The van der Waals surface area contributed by atoms with Crippen molar-refractivity contribution in [1.29, 1.82) is 0 Å². The van der Waals surface area contributed by atoms with E-state index in [0.29, 0.717) is 19.3 Å². The van der Waals surface area contributed by atoms with Gasteiger partial charge in [0.25, 0.3) is 0 Å². The highest BCUT2D eigenvalue weighted by molar-refractivity contribution is 4.52. The Morgan fingerprint density at radius 3 is 1.86 bits per heavy atom. The van der Waals surface area contributed by atoms with Gasteiger partial charge in [-0.25, -0.2) is 0 Å². The molecule has 0 heterocycles. The second kappa shape index (κ2) is 9.40. The van der Waals surface area contributed by atoms with E-state index in [4.69, 9.17) is 20.4 Å². The van der Waals surface area contributed by atoms with Crippen LogP contribution in [0.25, 0.3) is 0 Å². The van der Waals surface area contributed by atoms with E-state index in [1.165, 1.54) is 6.92 Å². The first kappa shape index (κ1) is 16.3. The molecular formula is C10H24O4. The lowest BCUT2D eigenvalue weighted by Gasteiger charge is -2.12. The summed E-state index contributed by atoms with van der Waals surface area (Å²) in [5.74, 6) is -1.45. The van der Waals surface area contributed by atoms with Gasteiger partial charge in [-0.15, -0.1) is 0 Å². The molecule has 1 atom stereocenters. The molecule has 0 fully saturated rings. The molecule has 0 aromatic heterocycles. The molecule has 0 radical (unpaired) electrons. The quantitative estimate of drug-likeness (QED) is 0.499. The molecule has 4 heteroatoms. The normalized spacial score (nSPS) is 13.1. The molecule has 0 aromatic carbocycles. The van der Waals surface area contributed by atoms with Crippen molar-refractivity contribution in [2.45, 2.75) is 58.3 Å². The first-order valence-corrected chi connectivity index (χ1v) is 5.07. The van der Waals surface area contributed by atoms with E-state index < -0.39 is 5.79 Å². The summed E-state index contributed by atoms with van der Waals surface area (Å²) in [6.45, 7) is 5.20. The maximum atomic E-state index is 8.57. The van der Waals surface area contributed by atoms with Gasteiger partial charge in [0.15, 0.2) is 5.79 Å². The van der Waals surface area contributed by atoms with Gasteiger partial charge in [-0.05, 0) is 26.7 Å². The van der Waals surface area contributed by atoms with Gasteiger partial charge in [0.2, 0.25) is 0 Å². The molecule has 14 heavy (non-hydrogen) atoms. The third kappa shape index (κ3) is 22.6. The van der Waals surface area contributed by atoms with Crippen molar-refractivity contribution >= 4 is 0 Å². The van der Waals surface area contributed by atoms with Crippen molar-refractivity contribution in [2.75, 3.05) is 6.61 Å². The monoisotopic (exact) mass is 208 g/mol. The Morgan fingerprint density at radius 1 is 1.29 bits per heavy atom. The van der Waals surface area contributed by atoms with Gasteiger partial charge in [-0.1, -0.05) is 13.3 Å². The van der Waals surface area contributed by atoms with Crippen LogP contribution in [-0.4, -0.2) is 38.9 Å². The van der Waals surface area contributed by atoms with Gasteiger partial charge in [-0.2, -0.15) is 0 Å². The smallest absolute Gasteiger partial charge is 0.159 e. The van der Waals surface area contributed by atoms with Crippen LogP contribution in [0.5, 0.6) is 0 Å². The number of aliphatic hydroxyl groups is 4.